The molecule has 0 aliphatic carbocycles. The van der Waals surface area contributed by atoms with Crippen LogP contribution in [-0.2, 0) is 6.42 Å². The van der Waals surface area contributed by atoms with Gasteiger partial charge in [-0.15, -0.1) is 11.3 Å². The average molecular weight is 666 g/mol. The van der Waals surface area contributed by atoms with E-state index in [2.05, 4.69) is 27.8 Å². The number of carbonyl (C=O) groups is 1. The number of aliphatic hydroxyl groups excluding tert-OH is 2. The van der Waals surface area contributed by atoms with Gasteiger partial charge in [-0.05, 0) is 29.5 Å². The molecule has 1 aliphatic heterocycles. The number of β-amino-alcohol motifs (C(OH)–C–C–N with tert-alkyl or cyclic N) is 1. The minimum absolute atomic E-state index is 0.0141. The Morgan fingerprint density at radius 3 is 2.74 bits per heavy atom. The summed E-state index contributed by atoms with van der Waals surface area (Å²) in [4.78, 5) is 13.8. The fourth-order valence-corrected chi connectivity index (χ4v) is 6.28. The molecule has 4 rings (SSSR count). The van der Waals surface area contributed by atoms with E-state index in [4.69, 9.17) is 15.1 Å². The number of anilines is 2. The normalized spacial score (nSPS) is 17.5. The van der Waals surface area contributed by atoms with Crippen molar-refractivity contribution >= 4 is 38.7 Å². The highest BCUT2D eigenvalue weighted by atomic mass is 32.1. The van der Waals surface area contributed by atoms with Gasteiger partial charge < -0.3 is 30.9 Å². The van der Waals surface area contributed by atoms with Gasteiger partial charge in [-0.2, -0.15) is 18.4 Å². The number of rotatable bonds is 11. The van der Waals surface area contributed by atoms with Crippen molar-refractivity contribution in [3.8, 4) is 23.7 Å². The number of amides is 1. The summed E-state index contributed by atoms with van der Waals surface area (Å²) in [5, 5.41) is 36.3. The Hall–Kier alpha value is -4.15. The topological polar surface area (TPSA) is 130 Å². The number of fused-ring (bicyclic) bond motifs is 1. The molecular formula is C31H32F5N5O4S. The lowest BCUT2D eigenvalue weighted by molar-refractivity contribution is -0.126. The number of nitrogens with one attached hydrogen (secondary N) is 3. The molecular weight excluding hydrogens is 633 g/mol. The second-order valence-corrected chi connectivity index (χ2v) is 11.6. The molecule has 2 heterocycles. The second-order valence-electron chi connectivity index (χ2n) is 10.5. The fraction of sp³-hybridized carbons (Fsp3) is 0.419. The Bertz CT molecular complexity index is 1650. The summed E-state index contributed by atoms with van der Waals surface area (Å²) >= 11 is 1.04. The molecule has 5 N–H and O–H groups in total. The summed E-state index contributed by atoms with van der Waals surface area (Å²) in [5.74, 6) is 3.99. The number of aliphatic hydroxyl groups is 2. The monoisotopic (exact) mass is 665 g/mol. The molecule has 1 amide bonds. The number of alkyl halides is 4. The van der Waals surface area contributed by atoms with Crippen LogP contribution in [0.2, 0.25) is 0 Å². The molecule has 0 radical (unpaired) electrons. The Labute approximate surface area is 266 Å². The van der Waals surface area contributed by atoms with Crippen LogP contribution in [0.4, 0.5) is 33.3 Å². The van der Waals surface area contributed by atoms with Crippen LogP contribution in [0.1, 0.15) is 27.2 Å². The van der Waals surface area contributed by atoms with E-state index in [9.17, 15) is 27.5 Å². The first kappa shape index (κ1) is 34.7. The molecule has 9 nitrogen and oxygen atoms in total. The Kier molecular flexibility index (Phi) is 11.6. The van der Waals surface area contributed by atoms with Gasteiger partial charge in [-0.25, -0.2) is 8.78 Å². The van der Waals surface area contributed by atoms with E-state index in [1.54, 1.807) is 29.2 Å². The minimum atomic E-state index is -4.53. The zero-order valence-corrected chi connectivity index (χ0v) is 25.5. The summed E-state index contributed by atoms with van der Waals surface area (Å²) in [5.41, 5.74) is 0.237. The van der Waals surface area contributed by atoms with Crippen molar-refractivity contribution in [1.29, 1.82) is 5.26 Å². The third-order valence-corrected chi connectivity index (χ3v) is 8.44. The summed E-state index contributed by atoms with van der Waals surface area (Å²) in [7, 11) is 1.33. The number of thiophene rings is 1. The van der Waals surface area contributed by atoms with Crippen LogP contribution >= 0.6 is 11.3 Å². The molecule has 1 aromatic heterocycles. The third kappa shape index (κ3) is 8.76. The van der Waals surface area contributed by atoms with E-state index in [0.717, 1.165) is 23.5 Å². The predicted octanol–water partition coefficient (Wildman–Crippen LogP) is 4.05. The van der Waals surface area contributed by atoms with Crippen LogP contribution in [0.5, 0.6) is 5.75 Å². The van der Waals surface area contributed by atoms with Crippen molar-refractivity contribution < 1.29 is 41.7 Å². The number of ether oxygens (including phenoxy) is 1. The first-order chi connectivity index (χ1) is 21.9. The largest absolute Gasteiger partial charge is 0.477 e. The highest BCUT2D eigenvalue weighted by Crippen LogP contribution is 2.39. The first-order valence-electron chi connectivity index (χ1n) is 14.2. The minimum Gasteiger partial charge on any atom is -0.477 e. The van der Waals surface area contributed by atoms with Gasteiger partial charge >= 0.3 is 6.18 Å². The Morgan fingerprint density at radius 1 is 1.28 bits per heavy atom. The van der Waals surface area contributed by atoms with Gasteiger partial charge in [-0.3, -0.25) is 9.69 Å². The first-order valence-corrected chi connectivity index (χ1v) is 15.1. The fourth-order valence-electron chi connectivity index (χ4n) is 5.11. The molecule has 3 aromatic rings. The zero-order chi connectivity index (χ0) is 33.4. The van der Waals surface area contributed by atoms with Gasteiger partial charge in [0.05, 0.1) is 58.2 Å². The van der Waals surface area contributed by atoms with Crippen molar-refractivity contribution in [1.82, 2.24) is 10.2 Å². The molecule has 1 aliphatic rings. The number of nitriles is 1. The van der Waals surface area contributed by atoms with Crippen LogP contribution in [0.3, 0.4) is 0 Å². The van der Waals surface area contributed by atoms with Gasteiger partial charge in [0, 0.05) is 32.7 Å². The van der Waals surface area contributed by atoms with Crippen LogP contribution < -0.4 is 20.7 Å². The molecule has 46 heavy (non-hydrogen) atoms. The molecule has 15 heteroatoms. The Morgan fingerprint density at radius 2 is 2.07 bits per heavy atom. The van der Waals surface area contributed by atoms with Crippen LogP contribution in [0, 0.1) is 29.0 Å². The number of hydrogen-bond acceptors (Lipinski definition) is 9. The Balaban J connectivity index is 1.58. The third-order valence-electron chi connectivity index (χ3n) is 7.24. The number of hydrogen-bond donors (Lipinski definition) is 5. The molecule has 0 spiro atoms. The summed E-state index contributed by atoms with van der Waals surface area (Å²) in [6.07, 6.45) is -7.69. The van der Waals surface area contributed by atoms with Crippen molar-refractivity contribution in [2.75, 3.05) is 57.1 Å². The van der Waals surface area contributed by atoms with E-state index >= 15 is 4.39 Å². The maximum absolute atomic E-state index is 15.1. The lowest BCUT2D eigenvalue weighted by atomic mass is 10.0. The number of benzene rings is 2. The molecule has 246 valence electrons. The standard InChI is InChI=1S/C31H32F5N5O4S/c1-38-30(44)20-12-27(45-11-8-37)26(13-22(20)32)39-9-3-6-28-21(14-31(34,35)36)19-4-2-5-25(29(19)46-28)40-24-7-10-41(16-23(24)33)15-18(43)17-42/h2,4-5,12-13,18,23-24,39-40,42-43H,7,9-11,14-17H2,1H3,(H,38,44). The SMILES string of the molecule is CNC(=O)c1cc(OCC#N)c(NCC#Cc2sc3c(NC4CCN(CC(O)CO)CC4F)cccc3c2CC(F)(F)F)cc1F. The number of piperidine rings is 1. The van der Waals surface area contributed by atoms with Gasteiger partial charge in [-0.1, -0.05) is 24.0 Å². The van der Waals surface area contributed by atoms with Gasteiger partial charge in [0.2, 0.25) is 0 Å². The number of nitrogens with zero attached hydrogens (tertiary/aromatic N) is 2. The summed E-state index contributed by atoms with van der Waals surface area (Å²) < 4.78 is 76.5. The predicted molar refractivity (Wildman–Crippen MR) is 164 cm³/mol. The number of carbonyl (C=O) groups excluding carboxylic acids is 1. The zero-order valence-electron chi connectivity index (χ0n) is 24.7. The van der Waals surface area contributed by atoms with E-state index < -0.39 is 49.2 Å². The number of halogens is 5. The van der Waals surface area contributed by atoms with Crippen molar-refractivity contribution in [3.05, 3.63) is 52.2 Å². The quantitative estimate of drug-likeness (QED) is 0.153. The van der Waals surface area contributed by atoms with E-state index in [0.29, 0.717) is 28.7 Å². The van der Waals surface area contributed by atoms with E-state index in [1.807, 2.05) is 0 Å². The lowest BCUT2D eigenvalue weighted by Crippen LogP contribution is -2.50. The van der Waals surface area contributed by atoms with E-state index in [-0.39, 0.29) is 53.7 Å². The number of likely N-dealkylation sites (tertiary alicyclic amines) is 1. The maximum atomic E-state index is 15.1. The molecule has 0 bridgehead atoms. The van der Waals surface area contributed by atoms with E-state index in [1.165, 1.54) is 7.05 Å². The molecule has 2 aromatic carbocycles. The average Bonchev–Trinajstić information content (AvgIpc) is 3.36. The molecule has 3 unspecified atom stereocenters. The molecule has 1 saturated heterocycles. The van der Waals surface area contributed by atoms with Crippen molar-refractivity contribution in [2.24, 2.45) is 0 Å². The smallest absolute Gasteiger partial charge is 0.393 e. The van der Waals surface area contributed by atoms with Gasteiger partial charge in [0.25, 0.3) is 5.91 Å². The summed E-state index contributed by atoms with van der Waals surface area (Å²) in [6.45, 7) is -0.334. The van der Waals surface area contributed by atoms with Gasteiger partial charge in [0.1, 0.15) is 23.8 Å². The van der Waals surface area contributed by atoms with Crippen LogP contribution in [0.25, 0.3) is 10.1 Å². The van der Waals surface area contributed by atoms with Crippen molar-refractivity contribution in [2.45, 2.75) is 37.3 Å². The molecule has 1 fully saturated rings. The maximum Gasteiger partial charge on any atom is 0.393 e. The van der Waals surface area contributed by atoms with Crippen LogP contribution in [-0.4, -0.2) is 92.0 Å². The van der Waals surface area contributed by atoms with Gasteiger partial charge in [0.15, 0.2) is 6.61 Å². The lowest BCUT2D eigenvalue weighted by Gasteiger charge is -2.36. The summed E-state index contributed by atoms with van der Waals surface area (Å²) in [6, 6.07) is 8.12. The highest BCUT2D eigenvalue weighted by molar-refractivity contribution is 7.20. The second kappa shape index (κ2) is 15.4. The van der Waals surface area contributed by atoms with Crippen molar-refractivity contribution in [3.63, 3.8) is 0 Å². The molecule has 0 saturated carbocycles. The highest BCUT2D eigenvalue weighted by Gasteiger charge is 2.33. The molecule has 3 atom stereocenters. The van der Waals surface area contributed by atoms with Crippen LogP contribution in [0.15, 0.2) is 30.3 Å².